The van der Waals surface area contributed by atoms with Gasteiger partial charge in [-0.1, -0.05) is 0 Å². The van der Waals surface area contributed by atoms with E-state index < -0.39 is 10.1 Å². The minimum Gasteiger partial charge on any atom is -0.286 e. The van der Waals surface area contributed by atoms with Crippen molar-refractivity contribution < 1.29 is 13.0 Å². The summed E-state index contributed by atoms with van der Waals surface area (Å²) in [4.78, 5) is 0. The maximum atomic E-state index is 9.70. The third-order valence-corrected chi connectivity index (χ3v) is 1.47. The lowest BCUT2D eigenvalue weighted by Crippen LogP contribution is -2.03. The van der Waals surface area contributed by atoms with Crippen LogP contribution in [0, 0.1) is 0 Å². The van der Waals surface area contributed by atoms with Crippen LogP contribution in [-0.2, 0) is 10.1 Å². The van der Waals surface area contributed by atoms with E-state index in [4.69, 9.17) is 16.2 Å². The molecule has 0 unspecified atom stereocenters. The van der Waals surface area contributed by atoms with Crippen LogP contribution in [-0.4, -0.2) is 24.6 Å². The highest BCUT2D eigenvalue weighted by atomic mass is 35.5. The van der Waals surface area contributed by atoms with Crippen LogP contribution in [0.4, 0.5) is 0 Å². The molecule has 0 aromatic carbocycles. The smallest absolute Gasteiger partial charge is 0.266 e. The summed E-state index contributed by atoms with van der Waals surface area (Å²) in [6, 6.07) is 0. The highest BCUT2D eigenvalue weighted by molar-refractivity contribution is 7.85. The monoisotopic (exact) mass is 180 g/mol. The fourth-order valence-electron chi connectivity index (χ4n) is 0.0975. The first-order valence-corrected chi connectivity index (χ1v) is 3.72. The molecule has 0 radical (unpaired) electrons. The molecule has 3 nitrogen and oxygen atoms in total. The molecule has 0 saturated carbocycles. The van der Waals surface area contributed by atoms with E-state index in [1.165, 1.54) is 0 Å². The second-order valence-corrected chi connectivity index (χ2v) is 2.93. The molecular formula is C2H6Cl2O3S. The van der Waals surface area contributed by atoms with E-state index in [9.17, 15) is 8.42 Å². The lowest BCUT2D eigenvalue weighted by molar-refractivity contribution is 0.485. The Morgan fingerprint density at radius 1 is 1.50 bits per heavy atom. The Labute approximate surface area is 59.2 Å². The Morgan fingerprint density at radius 3 is 1.88 bits per heavy atom. The van der Waals surface area contributed by atoms with Crippen molar-refractivity contribution in [2.75, 3.05) is 11.6 Å². The Bertz CT molecular complexity index is 128. The first-order valence-electron chi connectivity index (χ1n) is 1.57. The summed E-state index contributed by atoms with van der Waals surface area (Å²) in [5, 5.41) is 0. The maximum absolute atomic E-state index is 9.70. The molecule has 0 aliphatic heterocycles. The Morgan fingerprint density at radius 2 is 1.88 bits per heavy atom. The minimum absolute atomic E-state index is 0. The first kappa shape index (κ1) is 11.3. The number of hydrogen-bond acceptors (Lipinski definition) is 2. The van der Waals surface area contributed by atoms with E-state index in [1.54, 1.807) is 0 Å². The SMILES string of the molecule is Cl.O=S(=O)(O)CCCl. The minimum atomic E-state index is -3.81. The molecule has 0 aromatic rings. The molecule has 8 heavy (non-hydrogen) atoms. The van der Waals surface area contributed by atoms with E-state index in [-0.39, 0.29) is 24.0 Å². The lowest BCUT2D eigenvalue weighted by atomic mass is 11.0. The standard InChI is InChI=1S/C2H5ClO3S.ClH/c3-1-2-7(4,5)6;/h1-2H2,(H,4,5,6);1H. The van der Waals surface area contributed by atoms with E-state index in [2.05, 4.69) is 0 Å². The van der Waals surface area contributed by atoms with Crippen molar-refractivity contribution in [2.45, 2.75) is 0 Å². The molecule has 1 N–H and O–H groups in total. The molecule has 6 heteroatoms. The summed E-state index contributed by atoms with van der Waals surface area (Å²) >= 11 is 4.95. The summed E-state index contributed by atoms with van der Waals surface area (Å²) in [6.07, 6.45) is 0. The van der Waals surface area contributed by atoms with Gasteiger partial charge in [0.15, 0.2) is 0 Å². The quantitative estimate of drug-likeness (QED) is 0.499. The number of hydrogen-bond donors (Lipinski definition) is 1. The van der Waals surface area contributed by atoms with Crippen molar-refractivity contribution in [1.82, 2.24) is 0 Å². The molecular weight excluding hydrogens is 175 g/mol. The average Bonchev–Trinajstić information content (AvgIpc) is 1.30. The predicted molar refractivity (Wildman–Crippen MR) is 34.4 cm³/mol. The summed E-state index contributed by atoms with van der Waals surface area (Å²) in [5.74, 6) is -0.423. The zero-order chi connectivity index (χ0) is 5.91. The van der Waals surface area contributed by atoms with Gasteiger partial charge in [0.2, 0.25) is 0 Å². The van der Waals surface area contributed by atoms with Crippen molar-refractivity contribution in [3.05, 3.63) is 0 Å². The summed E-state index contributed by atoms with van der Waals surface area (Å²) in [5.41, 5.74) is 0. The van der Waals surface area contributed by atoms with Gasteiger partial charge in [0, 0.05) is 5.88 Å². The molecule has 0 rings (SSSR count). The molecule has 0 amide bonds. The highest BCUT2D eigenvalue weighted by Crippen LogP contribution is 1.82. The molecule has 0 bridgehead atoms. The van der Waals surface area contributed by atoms with Crippen LogP contribution in [0.3, 0.4) is 0 Å². The van der Waals surface area contributed by atoms with Gasteiger partial charge in [-0.2, -0.15) is 8.42 Å². The molecule has 0 atom stereocenters. The van der Waals surface area contributed by atoms with Gasteiger partial charge in [-0.15, -0.1) is 24.0 Å². The third kappa shape index (κ3) is 9.70. The van der Waals surface area contributed by atoms with Gasteiger partial charge in [-0.25, -0.2) is 0 Å². The van der Waals surface area contributed by atoms with E-state index in [0.29, 0.717) is 0 Å². The molecule has 0 saturated heterocycles. The van der Waals surface area contributed by atoms with Gasteiger partial charge >= 0.3 is 0 Å². The van der Waals surface area contributed by atoms with Crippen molar-refractivity contribution in [3.8, 4) is 0 Å². The summed E-state index contributed by atoms with van der Waals surface area (Å²) in [7, 11) is -3.81. The van der Waals surface area contributed by atoms with Crippen molar-refractivity contribution >= 4 is 34.1 Å². The molecule has 0 aromatic heterocycles. The van der Waals surface area contributed by atoms with Gasteiger partial charge in [0.25, 0.3) is 10.1 Å². The van der Waals surface area contributed by atoms with Crippen LogP contribution >= 0.6 is 24.0 Å². The van der Waals surface area contributed by atoms with Gasteiger partial charge in [0.1, 0.15) is 0 Å². The second kappa shape index (κ2) is 4.38. The Balaban J connectivity index is 0. The lowest BCUT2D eigenvalue weighted by Gasteiger charge is -1.84. The van der Waals surface area contributed by atoms with E-state index in [1.807, 2.05) is 0 Å². The number of halogens is 2. The van der Waals surface area contributed by atoms with Crippen LogP contribution < -0.4 is 0 Å². The molecule has 52 valence electrons. The number of rotatable bonds is 2. The Kier molecular flexibility index (Phi) is 6.19. The molecule has 0 fully saturated rings. The van der Waals surface area contributed by atoms with Crippen molar-refractivity contribution in [2.24, 2.45) is 0 Å². The summed E-state index contributed by atoms with van der Waals surface area (Å²) in [6.45, 7) is 0. The second-order valence-electron chi connectivity index (χ2n) is 0.975. The van der Waals surface area contributed by atoms with Crippen LogP contribution in [0.5, 0.6) is 0 Å². The highest BCUT2D eigenvalue weighted by Gasteiger charge is 1.99. The number of alkyl halides is 1. The Hall–Kier alpha value is 0.490. The summed E-state index contributed by atoms with van der Waals surface area (Å²) < 4.78 is 27.3. The van der Waals surface area contributed by atoms with Crippen LogP contribution in [0.25, 0.3) is 0 Å². The van der Waals surface area contributed by atoms with Crippen molar-refractivity contribution in [1.29, 1.82) is 0 Å². The molecule has 0 spiro atoms. The van der Waals surface area contributed by atoms with Gasteiger partial charge < -0.3 is 0 Å². The molecule has 0 heterocycles. The zero-order valence-electron chi connectivity index (χ0n) is 3.87. The van der Waals surface area contributed by atoms with Crippen LogP contribution in [0.15, 0.2) is 0 Å². The van der Waals surface area contributed by atoms with Crippen molar-refractivity contribution in [3.63, 3.8) is 0 Å². The first-order chi connectivity index (χ1) is 3.06. The largest absolute Gasteiger partial charge is 0.286 e. The van der Waals surface area contributed by atoms with Crippen LogP contribution in [0.2, 0.25) is 0 Å². The topological polar surface area (TPSA) is 54.4 Å². The predicted octanol–water partition coefficient (Wildman–Crippen LogP) is 0.535. The van der Waals surface area contributed by atoms with Gasteiger partial charge in [-0.3, -0.25) is 4.55 Å². The fourth-order valence-corrected chi connectivity index (χ4v) is 0.877. The zero-order valence-corrected chi connectivity index (χ0v) is 6.26. The van der Waals surface area contributed by atoms with E-state index >= 15 is 0 Å². The van der Waals surface area contributed by atoms with Gasteiger partial charge in [0.05, 0.1) is 5.75 Å². The fraction of sp³-hybridized carbons (Fsp3) is 1.00. The van der Waals surface area contributed by atoms with E-state index in [0.717, 1.165) is 0 Å². The van der Waals surface area contributed by atoms with Gasteiger partial charge in [-0.05, 0) is 0 Å². The third-order valence-electron chi connectivity index (χ3n) is 0.335. The molecule has 0 aliphatic rings. The maximum Gasteiger partial charge on any atom is 0.266 e. The van der Waals surface area contributed by atoms with Crippen LogP contribution in [0.1, 0.15) is 0 Å². The average molecular weight is 181 g/mol. The normalized spacial score (nSPS) is 10.2. The molecule has 0 aliphatic carbocycles.